The van der Waals surface area contributed by atoms with Crippen LogP contribution in [0.25, 0.3) is 10.1 Å². The van der Waals surface area contributed by atoms with Gasteiger partial charge in [-0.25, -0.2) is 0 Å². The molecule has 0 bridgehead atoms. The first-order valence-corrected chi connectivity index (χ1v) is 5.35. The molecule has 2 heteroatoms. The maximum atomic E-state index is 4.18. The van der Waals surface area contributed by atoms with Gasteiger partial charge in [0.2, 0.25) is 0 Å². The molecule has 0 aliphatic heterocycles. The lowest BCUT2D eigenvalue weighted by Gasteiger charge is -2.03. The van der Waals surface area contributed by atoms with Crippen molar-refractivity contribution in [3.63, 3.8) is 0 Å². The predicted octanol–water partition coefficient (Wildman–Crippen LogP) is 3.73. The van der Waals surface area contributed by atoms with E-state index in [0.717, 1.165) is 0 Å². The van der Waals surface area contributed by atoms with E-state index in [2.05, 4.69) is 31.8 Å². The van der Waals surface area contributed by atoms with Gasteiger partial charge in [0.05, 0.1) is 0 Å². The van der Waals surface area contributed by atoms with Gasteiger partial charge in [-0.05, 0) is 24.5 Å². The molecule has 0 atom stereocenters. The van der Waals surface area contributed by atoms with Crippen LogP contribution >= 0.6 is 11.3 Å². The Balaban J connectivity index is 2.78. The fourth-order valence-electron chi connectivity index (χ4n) is 1.80. The minimum atomic E-state index is 0.595. The average Bonchev–Trinajstić information content (AvgIpc) is 2.39. The van der Waals surface area contributed by atoms with Crippen molar-refractivity contribution in [3.8, 4) is 0 Å². The maximum Gasteiger partial charge on any atom is 0.0379 e. The highest BCUT2D eigenvalue weighted by Crippen LogP contribution is 2.34. The Morgan fingerprint density at radius 3 is 2.85 bits per heavy atom. The van der Waals surface area contributed by atoms with Gasteiger partial charge in [-0.1, -0.05) is 13.8 Å². The fourth-order valence-corrected chi connectivity index (χ4v) is 2.99. The third-order valence-electron chi connectivity index (χ3n) is 2.29. The number of pyridine rings is 1. The lowest BCUT2D eigenvalue weighted by atomic mass is 10.0. The van der Waals surface area contributed by atoms with Crippen LogP contribution in [0, 0.1) is 6.92 Å². The van der Waals surface area contributed by atoms with Crippen LogP contribution in [0.4, 0.5) is 0 Å². The Kier molecular flexibility index (Phi) is 2.08. The first-order chi connectivity index (χ1) is 6.20. The molecule has 0 amide bonds. The minimum absolute atomic E-state index is 0.595. The molecule has 0 aromatic carbocycles. The quantitative estimate of drug-likeness (QED) is 0.669. The highest BCUT2D eigenvalue weighted by molar-refractivity contribution is 7.19. The van der Waals surface area contributed by atoms with Crippen molar-refractivity contribution >= 4 is 21.4 Å². The zero-order valence-electron chi connectivity index (χ0n) is 8.16. The molecule has 0 aliphatic rings. The lowest BCUT2D eigenvalue weighted by Crippen LogP contribution is -1.87. The summed E-state index contributed by atoms with van der Waals surface area (Å²) in [5.41, 5.74) is 1.47. The zero-order valence-corrected chi connectivity index (χ0v) is 8.98. The van der Waals surface area contributed by atoms with Crippen molar-refractivity contribution in [2.24, 2.45) is 0 Å². The van der Waals surface area contributed by atoms with Crippen LogP contribution in [-0.2, 0) is 0 Å². The first-order valence-electron chi connectivity index (χ1n) is 4.53. The van der Waals surface area contributed by atoms with Crippen LogP contribution < -0.4 is 0 Å². The van der Waals surface area contributed by atoms with Gasteiger partial charge in [-0.2, -0.15) is 0 Å². The molecule has 0 saturated carbocycles. The Morgan fingerprint density at radius 1 is 1.38 bits per heavy atom. The molecule has 2 rings (SSSR count). The van der Waals surface area contributed by atoms with Crippen molar-refractivity contribution in [3.05, 3.63) is 28.9 Å². The van der Waals surface area contributed by atoms with Crippen LogP contribution in [0.15, 0.2) is 18.5 Å². The molecular weight excluding hydrogens is 178 g/mol. The van der Waals surface area contributed by atoms with E-state index in [0.29, 0.717) is 5.92 Å². The van der Waals surface area contributed by atoms with E-state index in [-0.39, 0.29) is 0 Å². The summed E-state index contributed by atoms with van der Waals surface area (Å²) in [6.07, 6.45) is 3.84. The van der Waals surface area contributed by atoms with Crippen LogP contribution in [0.3, 0.4) is 0 Å². The summed E-state index contributed by atoms with van der Waals surface area (Å²) < 4.78 is 1.36. The second kappa shape index (κ2) is 3.11. The van der Waals surface area contributed by atoms with E-state index in [9.17, 15) is 0 Å². The number of fused-ring (bicyclic) bond motifs is 1. The predicted molar refractivity (Wildman–Crippen MR) is 58.4 cm³/mol. The number of thiophene rings is 1. The van der Waals surface area contributed by atoms with Crippen molar-refractivity contribution in [2.45, 2.75) is 26.7 Å². The molecular formula is C11H13NS. The van der Waals surface area contributed by atoms with Gasteiger partial charge in [0.25, 0.3) is 0 Å². The summed E-state index contributed by atoms with van der Waals surface area (Å²) in [7, 11) is 0. The molecule has 2 heterocycles. The fraction of sp³-hybridized carbons (Fsp3) is 0.364. The average molecular weight is 191 g/mol. The topological polar surface area (TPSA) is 12.9 Å². The molecule has 0 unspecified atom stereocenters. The number of hydrogen-bond acceptors (Lipinski definition) is 2. The second-order valence-corrected chi connectivity index (χ2v) is 4.85. The summed E-state index contributed by atoms with van der Waals surface area (Å²) in [5, 5.41) is 1.33. The van der Waals surface area contributed by atoms with Crippen molar-refractivity contribution < 1.29 is 0 Å². The van der Waals surface area contributed by atoms with E-state index in [1.807, 2.05) is 23.7 Å². The van der Waals surface area contributed by atoms with Crippen LogP contribution in [0.1, 0.15) is 30.2 Å². The standard InChI is InChI=1S/C11H13NS/c1-7(2)11-8(3)13-10-4-5-12-6-9(10)11/h4-7H,1-3H3. The smallest absolute Gasteiger partial charge is 0.0379 e. The van der Waals surface area contributed by atoms with E-state index in [1.165, 1.54) is 20.5 Å². The Labute approximate surface area is 82.4 Å². The monoisotopic (exact) mass is 191 g/mol. The Hall–Kier alpha value is -0.890. The molecule has 0 spiro atoms. The summed E-state index contributed by atoms with van der Waals surface area (Å²) in [6.45, 7) is 6.67. The number of aryl methyl sites for hydroxylation is 1. The third kappa shape index (κ3) is 1.35. The van der Waals surface area contributed by atoms with E-state index < -0.39 is 0 Å². The highest BCUT2D eigenvalue weighted by atomic mass is 32.1. The van der Waals surface area contributed by atoms with E-state index in [1.54, 1.807) is 0 Å². The minimum Gasteiger partial charge on any atom is -0.264 e. The van der Waals surface area contributed by atoms with Crippen molar-refractivity contribution in [2.75, 3.05) is 0 Å². The normalized spacial score (nSPS) is 11.4. The number of rotatable bonds is 1. The Morgan fingerprint density at radius 2 is 2.15 bits per heavy atom. The molecule has 1 nitrogen and oxygen atoms in total. The summed E-state index contributed by atoms with van der Waals surface area (Å²) in [4.78, 5) is 5.60. The summed E-state index contributed by atoms with van der Waals surface area (Å²) >= 11 is 1.87. The molecule has 0 fully saturated rings. The van der Waals surface area contributed by atoms with Gasteiger partial charge in [-0.3, -0.25) is 4.98 Å². The van der Waals surface area contributed by atoms with Crippen molar-refractivity contribution in [1.82, 2.24) is 4.98 Å². The molecule has 2 aromatic rings. The first kappa shape index (κ1) is 8.70. The second-order valence-electron chi connectivity index (χ2n) is 3.60. The van der Waals surface area contributed by atoms with Gasteiger partial charge in [0.1, 0.15) is 0 Å². The molecule has 0 radical (unpaired) electrons. The SMILES string of the molecule is Cc1sc2ccncc2c1C(C)C. The van der Waals surface area contributed by atoms with Gasteiger partial charge in [-0.15, -0.1) is 11.3 Å². The third-order valence-corrected chi connectivity index (χ3v) is 3.39. The molecule has 0 aliphatic carbocycles. The van der Waals surface area contributed by atoms with Crippen LogP contribution in [-0.4, -0.2) is 4.98 Å². The zero-order chi connectivity index (χ0) is 9.42. The summed E-state index contributed by atoms with van der Waals surface area (Å²) in [5.74, 6) is 0.595. The lowest BCUT2D eigenvalue weighted by molar-refractivity contribution is 0.872. The number of nitrogens with zero attached hydrogens (tertiary/aromatic N) is 1. The molecule has 0 N–H and O–H groups in total. The van der Waals surface area contributed by atoms with Crippen molar-refractivity contribution in [1.29, 1.82) is 0 Å². The van der Waals surface area contributed by atoms with Gasteiger partial charge >= 0.3 is 0 Å². The van der Waals surface area contributed by atoms with Crippen LogP contribution in [0.2, 0.25) is 0 Å². The molecule has 13 heavy (non-hydrogen) atoms. The highest BCUT2D eigenvalue weighted by Gasteiger charge is 2.11. The van der Waals surface area contributed by atoms with Gasteiger partial charge in [0, 0.05) is 27.4 Å². The number of aromatic nitrogens is 1. The largest absolute Gasteiger partial charge is 0.264 e. The van der Waals surface area contributed by atoms with E-state index >= 15 is 0 Å². The van der Waals surface area contributed by atoms with Crippen LogP contribution in [0.5, 0.6) is 0 Å². The van der Waals surface area contributed by atoms with E-state index in [4.69, 9.17) is 0 Å². The molecule has 0 saturated heterocycles. The van der Waals surface area contributed by atoms with Gasteiger partial charge in [0.15, 0.2) is 0 Å². The number of hydrogen-bond donors (Lipinski definition) is 0. The Bertz CT molecular complexity index is 429. The molecule has 68 valence electrons. The molecule has 2 aromatic heterocycles. The summed E-state index contributed by atoms with van der Waals surface area (Å²) in [6, 6.07) is 2.10. The maximum absolute atomic E-state index is 4.18. The van der Waals surface area contributed by atoms with Gasteiger partial charge < -0.3 is 0 Å².